The molecule has 3 aromatic rings. The van der Waals surface area contributed by atoms with E-state index in [0.29, 0.717) is 23.6 Å². The van der Waals surface area contributed by atoms with Gasteiger partial charge in [-0.1, -0.05) is 42.8 Å². The molecule has 0 radical (unpaired) electrons. The normalized spacial score (nSPS) is 13.0. The smallest absolute Gasteiger partial charge is 0.250 e. The lowest BCUT2D eigenvalue weighted by atomic mass is 9.89. The van der Waals surface area contributed by atoms with Crippen molar-refractivity contribution < 1.29 is 8.42 Å². The molecule has 5 nitrogen and oxygen atoms in total. The molecule has 33 heavy (non-hydrogen) atoms. The summed E-state index contributed by atoms with van der Waals surface area (Å²) in [5.74, 6) is 0.0462. The molecule has 0 amide bonds. The van der Waals surface area contributed by atoms with Gasteiger partial charge in [0.25, 0.3) is 5.56 Å². The van der Waals surface area contributed by atoms with Gasteiger partial charge in [0.2, 0.25) is 0 Å². The van der Waals surface area contributed by atoms with Crippen molar-refractivity contribution in [2.24, 2.45) is 12.0 Å². The Morgan fingerprint density at radius 1 is 1.09 bits per heavy atom. The van der Waals surface area contributed by atoms with Gasteiger partial charge in [0, 0.05) is 46.8 Å². The molecule has 0 saturated carbocycles. The highest BCUT2D eigenvalue weighted by atomic mass is 35.5. The third-order valence-electron chi connectivity index (χ3n) is 5.86. The van der Waals surface area contributed by atoms with Gasteiger partial charge < -0.3 is 4.57 Å². The number of hydrogen-bond donors (Lipinski definition) is 0. The van der Waals surface area contributed by atoms with Crippen molar-refractivity contribution in [2.45, 2.75) is 25.6 Å². The average Bonchev–Trinajstić information content (AvgIpc) is 2.91. The Morgan fingerprint density at radius 3 is 2.58 bits per heavy atom. The number of halogens is 1. The van der Waals surface area contributed by atoms with Gasteiger partial charge in [-0.15, -0.1) is 6.58 Å². The Morgan fingerprint density at radius 2 is 1.85 bits per heavy atom. The second-order valence-electron chi connectivity index (χ2n) is 8.18. The van der Waals surface area contributed by atoms with Crippen LogP contribution in [0.1, 0.15) is 34.7 Å². The van der Waals surface area contributed by atoms with Crippen molar-refractivity contribution in [3.63, 3.8) is 0 Å². The molecule has 170 valence electrons. The zero-order valence-electron chi connectivity index (χ0n) is 18.6. The Labute approximate surface area is 199 Å². The Balaban J connectivity index is 1.98. The summed E-state index contributed by atoms with van der Waals surface area (Å²) in [6, 6.07) is 13.0. The minimum atomic E-state index is -3.20. The molecular weight excluding hydrogens is 456 g/mol. The van der Waals surface area contributed by atoms with Crippen LogP contribution in [-0.4, -0.2) is 24.4 Å². The predicted octanol–water partition coefficient (Wildman–Crippen LogP) is 4.72. The van der Waals surface area contributed by atoms with E-state index < -0.39 is 9.84 Å². The van der Waals surface area contributed by atoms with E-state index in [1.807, 2.05) is 42.5 Å². The number of nitrogens with zero attached hydrogens (tertiary/aromatic N) is 2. The van der Waals surface area contributed by atoms with E-state index in [9.17, 15) is 13.2 Å². The van der Waals surface area contributed by atoms with Crippen molar-refractivity contribution in [1.82, 2.24) is 4.57 Å². The Bertz CT molecular complexity index is 1450. The standard InChI is InChI=1S/C26H25ClN2O3S/c1-4-6-18-12-20(27)8-10-21(18)26-22-9-7-17(16-33(31,32)5-2)11-23(22)24-15-29(3)25(30)13-19(24)14-28-26/h4,7-13,15H,1,5-6,14,16H2,2-3H3. The fourth-order valence-corrected chi connectivity index (χ4v) is 5.19. The van der Waals surface area contributed by atoms with Crippen LogP contribution in [0.3, 0.4) is 0 Å². The fraction of sp³-hybridized carbons (Fsp3) is 0.231. The summed E-state index contributed by atoms with van der Waals surface area (Å²) in [4.78, 5) is 17.3. The van der Waals surface area contributed by atoms with Crippen LogP contribution in [0.2, 0.25) is 5.02 Å². The predicted molar refractivity (Wildman–Crippen MR) is 135 cm³/mol. The first-order valence-corrected chi connectivity index (χ1v) is 12.9. The van der Waals surface area contributed by atoms with Crippen molar-refractivity contribution in [3.05, 3.63) is 105 Å². The molecule has 1 aromatic heterocycles. The molecule has 0 N–H and O–H groups in total. The van der Waals surface area contributed by atoms with Gasteiger partial charge in [-0.05, 0) is 46.9 Å². The summed E-state index contributed by atoms with van der Waals surface area (Å²) in [5, 5.41) is 0.636. The minimum absolute atomic E-state index is 0.0347. The maximum atomic E-state index is 12.3. The van der Waals surface area contributed by atoms with E-state index in [-0.39, 0.29) is 17.1 Å². The third-order valence-corrected chi connectivity index (χ3v) is 7.75. The molecule has 2 heterocycles. The van der Waals surface area contributed by atoms with Gasteiger partial charge in [0.1, 0.15) is 0 Å². The van der Waals surface area contributed by atoms with Gasteiger partial charge >= 0.3 is 0 Å². The highest BCUT2D eigenvalue weighted by molar-refractivity contribution is 7.90. The van der Waals surface area contributed by atoms with Crippen LogP contribution in [0, 0.1) is 0 Å². The molecule has 0 aliphatic carbocycles. The lowest BCUT2D eigenvalue weighted by molar-refractivity contribution is 0.596. The summed E-state index contributed by atoms with van der Waals surface area (Å²) in [5.41, 5.74) is 6.75. The van der Waals surface area contributed by atoms with Gasteiger partial charge in [-0.2, -0.15) is 0 Å². The number of aromatic nitrogens is 1. The maximum Gasteiger partial charge on any atom is 0.250 e. The first kappa shape index (κ1) is 23.2. The van der Waals surface area contributed by atoms with Crippen LogP contribution >= 0.6 is 11.6 Å². The summed E-state index contributed by atoms with van der Waals surface area (Å²) >= 11 is 6.26. The van der Waals surface area contributed by atoms with E-state index in [0.717, 1.165) is 39.1 Å². The summed E-state index contributed by atoms with van der Waals surface area (Å²) in [6.07, 6.45) is 4.26. The molecule has 0 atom stereocenters. The van der Waals surface area contributed by atoms with Crippen LogP contribution in [0.15, 0.2) is 71.1 Å². The molecule has 0 fully saturated rings. The molecule has 1 aliphatic rings. The number of benzene rings is 2. The van der Waals surface area contributed by atoms with Gasteiger partial charge in [-0.25, -0.2) is 8.42 Å². The molecule has 7 heteroatoms. The van der Waals surface area contributed by atoms with Gasteiger partial charge in [-0.3, -0.25) is 9.79 Å². The van der Waals surface area contributed by atoms with E-state index in [4.69, 9.17) is 16.6 Å². The topological polar surface area (TPSA) is 68.5 Å². The summed E-state index contributed by atoms with van der Waals surface area (Å²) < 4.78 is 26.1. The third kappa shape index (κ3) is 4.72. The van der Waals surface area contributed by atoms with Gasteiger partial charge in [0.05, 0.1) is 18.0 Å². The lowest BCUT2D eigenvalue weighted by Crippen LogP contribution is -2.16. The van der Waals surface area contributed by atoms with Crippen molar-refractivity contribution in [2.75, 3.05) is 5.75 Å². The first-order valence-electron chi connectivity index (χ1n) is 10.7. The molecule has 0 bridgehead atoms. The van der Waals surface area contributed by atoms with Crippen LogP contribution < -0.4 is 5.56 Å². The zero-order valence-corrected chi connectivity index (χ0v) is 20.2. The van der Waals surface area contributed by atoms with Crippen LogP contribution in [0.4, 0.5) is 0 Å². The fourth-order valence-electron chi connectivity index (χ4n) is 4.11. The monoisotopic (exact) mass is 480 g/mol. The molecule has 2 aromatic carbocycles. The molecule has 4 rings (SSSR count). The van der Waals surface area contributed by atoms with Crippen molar-refractivity contribution >= 4 is 27.1 Å². The molecule has 1 aliphatic heterocycles. The number of aryl methyl sites for hydroxylation is 1. The SMILES string of the molecule is C=CCc1cc(Cl)ccc1C1=NCc2cc(=O)n(C)cc2-c2cc(CS(=O)(=O)CC)ccc21. The number of aliphatic imine (C=N–C) groups is 1. The molecule has 0 unspecified atom stereocenters. The van der Waals surface area contributed by atoms with E-state index in [1.54, 1.807) is 26.2 Å². The van der Waals surface area contributed by atoms with Crippen molar-refractivity contribution in [3.8, 4) is 11.1 Å². The molecular formula is C26H25ClN2O3S. The minimum Gasteiger partial charge on any atom is -0.318 e. The number of allylic oxidation sites excluding steroid dienone is 1. The highest BCUT2D eigenvalue weighted by Crippen LogP contribution is 2.34. The number of hydrogen-bond acceptors (Lipinski definition) is 4. The lowest BCUT2D eigenvalue weighted by Gasteiger charge is -2.16. The summed E-state index contributed by atoms with van der Waals surface area (Å²) in [7, 11) is -1.49. The number of rotatable bonds is 6. The van der Waals surface area contributed by atoms with E-state index in [2.05, 4.69) is 6.58 Å². The molecule has 0 saturated heterocycles. The van der Waals surface area contributed by atoms with E-state index >= 15 is 0 Å². The summed E-state index contributed by atoms with van der Waals surface area (Å²) in [6.45, 7) is 5.85. The van der Waals surface area contributed by atoms with Gasteiger partial charge in [0.15, 0.2) is 9.84 Å². The second-order valence-corrected chi connectivity index (χ2v) is 11.0. The molecule has 0 spiro atoms. The average molecular weight is 481 g/mol. The quantitative estimate of drug-likeness (QED) is 0.479. The number of fused-ring (bicyclic) bond motifs is 3. The highest BCUT2D eigenvalue weighted by Gasteiger charge is 2.23. The largest absolute Gasteiger partial charge is 0.318 e. The maximum absolute atomic E-state index is 12.3. The number of sulfone groups is 1. The van der Waals surface area contributed by atoms with E-state index in [1.165, 1.54) is 4.57 Å². The first-order chi connectivity index (χ1) is 15.7. The number of pyridine rings is 1. The van der Waals surface area contributed by atoms with Crippen LogP contribution in [0.5, 0.6) is 0 Å². The van der Waals surface area contributed by atoms with Crippen molar-refractivity contribution in [1.29, 1.82) is 0 Å². The van der Waals surface area contributed by atoms with Crippen LogP contribution in [0.25, 0.3) is 11.1 Å². The second kappa shape index (κ2) is 9.12. The Kier molecular flexibility index (Phi) is 6.41. The Hall–Kier alpha value is -2.96. The van der Waals surface area contributed by atoms with Crippen LogP contribution in [-0.2, 0) is 35.6 Å². The zero-order chi connectivity index (χ0) is 23.8.